The number of allylic oxidation sites excluding steroid dienone is 1. The van der Waals surface area contributed by atoms with Gasteiger partial charge in [-0.2, -0.15) is 0 Å². The second kappa shape index (κ2) is 4.59. The zero-order valence-corrected chi connectivity index (χ0v) is 12.3. The first kappa shape index (κ1) is 13.4. The number of hydrogen-bond donors (Lipinski definition) is 0. The van der Waals surface area contributed by atoms with Crippen LogP contribution in [-0.2, 0) is 4.74 Å². The molecule has 0 aromatic rings. The van der Waals surface area contributed by atoms with E-state index in [1.807, 2.05) is 0 Å². The van der Waals surface area contributed by atoms with Crippen molar-refractivity contribution in [3.8, 4) is 0 Å². The van der Waals surface area contributed by atoms with E-state index in [0.29, 0.717) is 11.5 Å². The van der Waals surface area contributed by atoms with Crippen LogP contribution in [0.15, 0.2) is 11.6 Å². The molecule has 0 radical (unpaired) electrons. The number of rotatable bonds is 2. The van der Waals surface area contributed by atoms with Crippen molar-refractivity contribution in [1.82, 2.24) is 0 Å². The van der Waals surface area contributed by atoms with E-state index in [4.69, 9.17) is 16.3 Å². The molecule has 1 aliphatic carbocycles. The van der Waals surface area contributed by atoms with E-state index in [1.165, 1.54) is 24.8 Å². The molecule has 0 amide bonds. The summed E-state index contributed by atoms with van der Waals surface area (Å²) in [5, 5.41) is 0.211. The van der Waals surface area contributed by atoms with Gasteiger partial charge in [0.05, 0.1) is 17.1 Å². The lowest BCUT2D eigenvalue weighted by Crippen LogP contribution is -2.25. The summed E-state index contributed by atoms with van der Waals surface area (Å²) in [4.78, 5) is 0. The third-order valence-electron chi connectivity index (χ3n) is 3.91. The van der Waals surface area contributed by atoms with Gasteiger partial charge in [0.15, 0.2) is 0 Å². The Labute approximate surface area is 111 Å². The van der Waals surface area contributed by atoms with Crippen molar-refractivity contribution in [3.63, 3.8) is 0 Å². The highest BCUT2D eigenvalue weighted by Crippen LogP contribution is 2.41. The molecule has 2 rings (SSSR count). The summed E-state index contributed by atoms with van der Waals surface area (Å²) in [7, 11) is 0. The number of hydrogen-bond acceptors (Lipinski definition) is 1. The minimum absolute atomic E-state index is 0.0791. The summed E-state index contributed by atoms with van der Waals surface area (Å²) in [5.41, 5.74) is 1.93. The molecule has 2 atom stereocenters. The molecule has 0 bridgehead atoms. The van der Waals surface area contributed by atoms with Gasteiger partial charge in [-0.15, -0.1) is 11.6 Å². The van der Waals surface area contributed by atoms with E-state index in [-0.39, 0.29) is 11.0 Å². The first-order valence-electron chi connectivity index (χ1n) is 6.77. The Morgan fingerprint density at radius 2 is 2.06 bits per heavy atom. The van der Waals surface area contributed by atoms with Gasteiger partial charge >= 0.3 is 0 Å². The Bertz CT molecular complexity index is 317. The van der Waals surface area contributed by atoms with Gasteiger partial charge in [0, 0.05) is 0 Å². The van der Waals surface area contributed by atoms with Gasteiger partial charge in [-0.05, 0) is 51.4 Å². The van der Waals surface area contributed by atoms with Crippen LogP contribution in [0.3, 0.4) is 0 Å². The quantitative estimate of drug-likeness (QED) is 0.515. The van der Waals surface area contributed by atoms with Crippen LogP contribution < -0.4 is 0 Å². The molecular formula is C15H25ClO. The summed E-state index contributed by atoms with van der Waals surface area (Å²) >= 11 is 6.32. The first-order chi connectivity index (χ1) is 7.76. The molecule has 0 saturated carbocycles. The maximum absolute atomic E-state index is 6.32. The second-order valence-electron chi connectivity index (χ2n) is 7.13. The van der Waals surface area contributed by atoms with Crippen molar-refractivity contribution in [1.29, 1.82) is 0 Å². The molecule has 1 aliphatic heterocycles. The standard InChI is InChI=1S/C15H25ClO/c1-14(2)9-11(7-12(16)10-14)8-13-5-6-15(3,4)17-13/h7,12-13H,5-6,8-10H2,1-4H3. The smallest absolute Gasteiger partial charge is 0.0631 e. The summed E-state index contributed by atoms with van der Waals surface area (Å²) in [6.45, 7) is 9.01. The van der Waals surface area contributed by atoms with E-state index in [1.54, 1.807) is 0 Å². The topological polar surface area (TPSA) is 9.23 Å². The largest absolute Gasteiger partial charge is 0.372 e. The number of alkyl halides is 1. The lowest BCUT2D eigenvalue weighted by atomic mass is 9.76. The molecule has 1 nitrogen and oxygen atoms in total. The molecule has 1 fully saturated rings. The van der Waals surface area contributed by atoms with Crippen LogP contribution in [0.4, 0.5) is 0 Å². The summed E-state index contributed by atoms with van der Waals surface area (Å²) in [5.74, 6) is 0. The van der Waals surface area contributed by atoms with Crippen LogP contribution >= 0.6 is 11.6 Å². The van der Waals surface area contributed by atoms with Gasteiger partial charge in [0.1, 0.15) is 0 Å². The van der Waals surface area contributed by atoms with Crippen LogP contribution in [0.1, 0.15) is 59.8 Å². The summed E-state index contributed by atoms with van der Waals surface area (Å²) < 4.78 is 6.07. The molecule has 0 spiro atoms. The molecule has 17 heavy (non-hydrogen) atoms. The van der Waals surface area contributed by atoms with Crippen molar-refractivity contribution in [2.45, 2.75) is 76.9 Å². The Hall–Kier alpha value is -0.0100. The third-order valence-corrected chi connectivity index (χ3v) is 4.19. The van der Waals surface area contributed by atoms with Crippen LogP contribution in [-0.4, -0.2) is 17.1 Å². The monoisotopic (exact) mass is 256 g/mol. The Morgan fingerprint density at radius 3 is 2.59 bits per heavy atom. The van der Waals surface area contributed by atoms with Crippen molar-refractivity contribution >= 4 is 11.6 Å². The Kier molecular flexibility index (Phi) is 3.62. The lowest BCUT2D eigenvalue weighted by molar-refractivity contribution is -0.0153. The maximum atomic E-state index is 6.32. The molecule has 0 N–H and O–H groups in total. The van der Waals surface area contributed by atoms with E-state index in [2.05, 4.69) is 33.8 Å². The van der Waals surface area contributed by atoms with E-state index in [9.17, 15) is 0 Å². The minimum atomic E-state index is 0.0791. The van der Waals surface area contributed by atoms with Gasteiger partial charge in [0.25, 0.3) is 0 Å². The predicted molar refractivity (Wildman–Crippen MR) is 73.5 cm³/mol. The lowest BCUT2D eigenvalue weighted by Gasteiger charge is -2.33. The molecule has 2 unspecified atom stereocenters. The summed E-state index contributed by atoms with van der Waals surface area (Å²) in [6.07, 6.45) is 8.40. The van der Waals surface area contributed by atoms with Crippen LogP contribution in [0.25, 0.3) is 0 Å². The molecule has 98 valence electrons. The molecule has 2 heteroatoms. The molecule has 2 aliphatic rings. The fourth-order valence-corrected chi connectivity index (χ4v) is 3.84. The van der Waals surface area contributed by atoms with E-state index in [0.717, 1.165) is 12.8 Å². The molecule has 1 heterocycles. The maximum Gasteiger partial charge on any atom is 0.0631 e. The van der Waals surface area contributed by atoms with Gasteiger partial charge in [-0.1, -0.05) is 25.5 Å². The predicted octanol–water partition coefficient (Wildman–Crippen LogP) is 4.69. The Morgan fingerprint density at radius 1 is 1.35 bits per heavy atom. The van der Waals surface area contributed by atoms with Crippen molar-refractivity contribution < 1.29 is 4.74 Å². The normalized spacial score (nSPS) is 35.7. The molecule has 0 aromatic carbocycles. The fourth-order valence-electron chi connectivity index (χ4n) is 3.24. The summed E-state index contributed by atoms with van der Waals surface area (Å²) in [6, 6.07) is 0. The highest BCUT2D eigenvalue weighted by Gasteiger charge is 2.34. The number of halogens is 1. The van der Waals surface area contributed by atoms with E-state index < -0.39 is 0 Å². The van der Waals surface area contributed by atoms with Crippen LogP contribution in [0, 0.1) is 5.41 Å². The van der Waals surface area contributed by atoms with Crippen LogP contribution in [0.2, 0.25) is 0 Å². The van der Waals surface area contributed by atoms with Gasteiger partial charge in [-0.3, -0.25) is 0 Å². The van der Waals surface area contributed by atoms with Crippen molar-refractivity contribution in [3.05, 3.63) is 11.6 Å². The van der Waals surface area contributed by atoms with Crippen molar-refractivity contribution in [2.75, 3.05) is 0 Å². The first-order valence-corrected chi connectivity index (χ1v) is 7.21. The molecular weight excluding hydrogens is 232 g/mol. The van der Waals surface area contributed by atoms with Crippen LogP contribution in [0.5, 0.6) is 0 Å². The molecule has 1 saturated heterocycles. The zero-order chi connectivity index (χ0) is 12.7. The highest BCUT2D eigenvalue weighted by atomic mass is 35.5. The minimum Gasteiger partial charge on any atom is -0.372 e. The third kappa shape index (κ3) is 3.72. The SMILES string of the molecule is CC1(C)CC(CC2CCC(C)(C)O2)=CC(Cl)C1. The average Bonchev–Trinajstić information content (AvgIpc) is 2.41. The number of ether oxygens (including phenoxy) is 1. The molecule has 0 aromatic heterocycles. The van der Waals surface area contributed by atoms with E-state index >= 15 is 0 Å². The van der Waals surface area contributed by atoms with Gasteiger partial charge < -0.3 is 4.74 Å². The van der Waals surface area contributed by atoms with Gasteiger partial charge in [0.2, 0.25) is 0 Å². The van der Waals surface area contributed by atoms with Crippen molar-refractivity contribution in [2.24, 2.45) is 5.41 Å². The fraction of sp³-hybridized carbons (Fsp3) is 0.867. The highest BCUT2D eigenvalue weighted by molar-refractivity contribution is 6.21. The van der Waals surface area contributed by atoms with Gasteiger partial charge in [-0.25, -0.2) is 0 Å². The Balaban J connectivity index is 1.95. The zero-order valence-electron chi connectivity index (χ0n) is 11.6. The second-order valence-corrected chi connectivity index (χ2v) is 7.69. The average molecular weight is 257 g/mol.